The Morgan fingerprint density at radius 2 is 2.15 bits per heavy atom. The lowest BCUT2D eigenvalue weighted by atomic mass is 10.1. The normalized spacial score (nSPS) is 18.9. The summed E-state index contributed by atoms with van der Waals surface area (Å²) in [6.07, 6.45) is 1.30. The van der Waals surface area contributed by atoms with Gasteiger partial charge in [0, 0.05) is 19.5 Å². The van der Waals surface area contributed by atoms with E-state index in [9.17, 15) is 9.59 Å². The zero-order chi connectivity index (χ0) is 14.7. The summed E-state index contributed by atoms with van der Waals surface area (Å²) in [4.78, 5) is 34.0. The average Bonchev–Trinajstić information content (AvgIpc) is 2.45. The number of aryl methyl sites for hydroxylation is 1. The molecule has 2 amide bonds. The minimum atomic E-state index is -0.378. The molecule has 2 heterocycles. The number of imide groups is 1. The monoisotopic (exact) mass is 277 g/mol. The first-order valence-electron chi connectivity index (χ1n) is 6.75. The molecular formula is C13H19N5O2. The molecule has 1 saturated heterocycles. The van der Waals surface area contributed by atoms with Crippen molar-refractivity contribution < 1.29 is 9.59 Å². The summed E-state index contributed by atoms with van der Waals surface area (Å²) in [5, 5.41) is 5.33. The highest BCUT2D eigenvalue weighted by Gasteiger charge is 2.33. The van der Waals surface area contributed by atoms with Crippen LogP contribution in [0.3, 0.4) is 0 Å². The number of rotatable bonds is 4. The maximum absolute atomic E-state index is 11.9. The lowest BCUT2D eigenvalue weighted by molar-refractivity contribution is -0.132. The molecule has 1 unspecified atom stereocenters. The van der Waals surface area contributed by atoms with E-state index < -0.39 is 0 Å². The van der Waals surface area contributed by atoms with Gasteiger partial charge in [-0.3, -0.25) is 14.9 Å². The summed E-state index contributed by atoms with van der Waals surface area (Å²) in [6, 6.07) is 1.38. The molecule has 1 aliphatic heterocycles. The van der Waals surface area contributed by atoms with Crippen molar-refractivity contribution in [2.45, 2.75) is 32.7 Å². The van der Waals surface area contributed by atoms with E-state index in [2.05, 4.69) is 20.6 Å². The number of nitrogens with one attached hydrogen (secondary N) is 2. The van der Waals surface area contributed by atoms with Crippen molar-refractivity contribution in [2.75, 3.05) is 23.8 Å². The van der Waals surface area contributed by atoms with Gasteiger partial charge < -0.3 is 10.2 Å². The van der Waals surface area contributed by atoms with Gasteiger partial charge in [-0.15, -0.1) is 0 Å². The van der Waals surface area contributed by atoms with Crippen LogP contribution in [0.25, 0.3) is 0 Å². The van der Waals surface area contributed by atoms with Crippen molar-refractivity contribution >= 4 is 23.5 Å². The maximum Gasteiger partial charge on any atom is 0.249 e. The van der Waals surface area contributed by atoms with Crippen molar-refractivity contribution in [3.05, 3.63) is 11.9 Å². The third-order valence-electron chi connectivity index (χ3n) is 3.27. The van der Waals surface area contributed by atoms with E-state index in [-0.39, 0.29) is 24.4 Å². The molecule has 7 heteroatoms. The zero-order valence-corrected chi connectivity index (χ0v) is 11.9. The molecule has 0 radical (unpaired) electrons. The molecule has 7 nitrogen and oxygen atoms in total. The molecule has 0 aliphatic carbocycles. The number of carbonyl (C=O) groups is 2. The summed E-state index contributed by atoms with van der Waals surface area (Å²) >= 11 is 0. The lowest BCUT2D eigenvalue weighted by Gasteiger charge is -2.34. The zero-order valence-electron chi connectivity index (χ0n) is 11.9. The Balaban J connectivity index is 2.41. The number of anilines is 2. The Labute approximate surface area is 117 Å². The van der Waals surface area contributed by atoms with Crippen LogP contribution in [0.15, 0.2) is 6.07 Å². The Morgan fingerprint density at radius 1 is 1.40 bits per heavy atom. The second-order valence-electron chi connectivity index (χ2n) is 4.60. The molecule has 1 aliphatic rings. The van der Waals surface area contributed by atoms with Crippen LogP contribution < -0.4 is 15.5 Å². The summed E-state index contributed by atoms with van der Waals surface area (Å²) in [7, 11) is 1.77. The van der Waals surface area contributed by atoms with Gasteiger partial charge in [-0.25, -0.2) is 9.97 Å². The smallest absolute Gasteiger partial charge is 0.249 e. The molecule has 0 aromatic carbocycles. The van der Waals surface area contributed by atoms with E-state index in [1.807, 2.05) is 13.8 Å². The van der Waals surface area contributed by atoms with Crippen LogP contribution in [0.1, 0.15) is 26.1 Å². The van der Waals surface area contributed by atoms with Gasteiger partial charge in [0.2, 0.25) is 11.8 Å². The molecule has 2 N–H and O–H groups in total. The van der Waals surface area contributed by atoms with Crippen LogP contribution in [-0.2, 0) is 16.0 Å². The van der Waals surface area contributed by atoms with Gasteiger partial charge in [-0.05, 0) is 6.42 Å². The quantitative estimate of drug-likeness (QED) is 0.771. The molecule has 1 fully saturated rings. The van der Waals surface area contributed by atoms with E-state index in [0.29, 0.717) is 30.3 Å². The summed E-state index contributed by atoms with van der Waals surface area (Å²) in [5.74, 6) is 1.39. The standard InChI is InChI=1S/C13H19N5O2/c1-4-8-13(20)17-12(19)7-18(8)11-6-10(14-3)15-9(5-2)16-11/h6,8H,4-5,7H2,1-3H3,(H,14,15,16)(H,17,19,20). The average molecular weight is 277 g/mol. The van der Waals surface area contributed by atoms with Gasteiger partial charge >= 0.3 is 0 Å². The number of aromatic nitrogens is 2. The first-order valence-corrected chi connectivity index (χ1v) is 6.75. The van der Waals surface area contributed by atoms with Crippen LogP contribution in [0.5, 0.6) is 0 Å². The topological polar surface area (TPSA) is 87.2 Å². The number of hydrogen-bond donors (Lipinski definition) is 2. The molecule has 1 aromatic rings. The SMILES string of the molecule is CCc1nc(NC)cc(N2CC(=O)NC(=O)C2CC)n1. The molecule has 108 valence electrons. The van der Waals surface area contributed by atoms with Crippen molar-refractivity contribution in [3.8, 4) is 0 Å². The first-order chi connectivity index (χ1) is 9.58. The van der Waals surface area contributed by atoms with Crippen LogP contribution >= 0.6 is 0 Å². The van der Waals surface area contributed by atoms with E-state index in [0.717, 1.165) is 0 Å². The molecule has 0 saturated carbocycles. The minimum absolute atomic E-state index is 0.133. The highest BCUT2D eigenvalue weighted by atomic mass is 16.2. The third-order valence-corrected chi connectivity index (χ3v) is 3.27. The number of hydrogen-bond acceptors (Lipinski definition) is 6. The molecular weight excluding hydrogens is 258 g/mol. The van der Waals surface area contributed by atoms with Crippen molar-refractivity contribution in [3.63, 3.8) is 0 Å². The third kappa shape index (κ3) is 2.71. The first kappa shape index (κ1) is 14.2. The largest absolute Gasteiger partial charge is 0.373 e. The lowest BCUT2D eigenvalue weighted by Crippen LogP contribution is -2.58. The van der Waals surface area contributed by atoms with E-state index in [4.69, 9.17) is 0 Å². The van der Waals surface area contributed by atoms with Crippen LogP contribution in [0, 0.1) is 0 Å². The van der Waals surface area contributed by atoms with Crippen molar-refractivity contribution in [1.29, 1.82) is 0 Å². The van der Waals surface area contributed by atoms with Crippen LogP contribution in [-0.4, -0.2) is 41.4 Å². The van der Waals surface area contributed by atoms with E-state index in [1.54, 1.807) is 18.0 Å². The predicted octanol–water partition coefficient (Wildman–Crippen LogP) is 0.322. The Hall–Kier alpha value is -2.18. The summed E-state index contributed by atoms with van der Waals surface area (Å²) < 4.78 is 0. The van der Waals surface area contributed by atoms with Crippen molar-refractivity contribution in [1.82, 2.24) is 15.3 Å². The fraction of sp³-hybridized carbons (Fsp3) is 0.538. The Kier molecular flexibility index (Phi) is 4.16. The van der Waals surface area contributed by atoms with Gasteiger partial charge in [0.05, 0.1) is 6.54 Å². The Morgan fingerprint density at radius 3 is 2.75 bits per heavy atom. The van der Waals surface area contributed by atoms with E-state index in [1.165, 1.54) is 0 Å². The van der Waals surface area contributed by atoms with Gasteiger partial charge in [0.1, 0.15) is 23.5 Å². The molecule has 0 spiro atoms. The van der Waals surface area contributed by atoms with Gasteiger partial charge in [0.25, 0.3) is 0 Å². The van der Waals surface area contributed by atoms with Gasteiger partial charge in [-0.1, -0.05) is 13.8 Å². The second-order valence-corrected chi connectivity index (χ2v) is 4.60. The number of carbonyl (C=O) groups excluding carboxylic acids is 2. The Bertz CT molecular complexity index is 509. The molecule has 0 bridgehead atoms. The number of nitrogens with zero attached hydrogens (tertiary/aromatic N) is 3. The minimum Gasteiger partial charge on any atom is -0.373 e. The predicted molar refractivity (Wildman–Crippen MR) is 75.5 cm³/mol. The number of amides is 2. The van der Waals surface area contributed by atoms with Crippen LogP contribution in [0.4, 0.5) is 11.6 Å². The van der Waals surface area contributed by atoms with Gasteiger partial charge in [-0.2, -0.15) is 0 Å². The highest BCUT2D eigenvalue weighted by Crippen LogP contribution is 2.21. The molecule has 2 rings (SSSR count). The highest BCUT2D eigenvalue weighted by molar-refractivity contribution is 6.04. The molecule has 1 aromatic heterocycles. The molecule has 20 heavy (non-hydrogen) atoms. The summed E-state index contributed by atoms with van der Waals surface area (Å²) in [6.45, 7) is 4.01. The van der Waals surface area contributed by atoms with Gasteiger partial charge in [0.15, 0.2) is 0 Å². The second kappa shape index (κ2) is 5.85. The van der Waals surface area contributed by atoms with Crippen LogP contribution in [0.2, 0.25) is 0 Å². The fourth-order valence-electron chi connectivity index (χ4n) is 2.23. The van der Waals surface area contributed by atoms with Crippen molar-refractivity contribution in [2.24, 2.45) is 0 Å². The molecule has 1 atom stereocenters. The maximum atomic E-state index is 11.9. The summed E-state index contributed by atoms with van der Waals surface area (Å²) in [5.41, 5.74) is 0. The fourth-order valence-corrected chi connectivity index (χ4v) is 2.23. The van der Waals surface area contributed by atoms with E-state index >= 15 is 0 Å². The number of piperazine rings is 1.